The maximum absolute atomic E-state index is 12.7. The highest BCUT2D eigenvalue weighted by molar-refractivity contribution is 5.66. The van der Waals surface area contributed by atoms with Crippen LogP contribution in [0.2, 0.25) is 0 Å². The molecule has 31 heavy (non-hydrogen) atoms. The number of morpholine rings is 1. The van der Waals surface area contributed by atoms with Gasteiger partial charge in [0.05, 0.1) is 18.9 Å². The van der Waals surface area contributed by atoms with Gasteiger partial charge in [0.15, 0.2) is 11.6 Å². The Kier molecular flexibility index (Phi) is 5.58. The summed E-state index contributed by atoms with van der Waals surface area (Å²) < 4.78 is 35.4. The van der Waals surface area contributed by atoms with Crippen LogP contribution < -0.4 is 15.4 Å². The van der Waals surface area contributed by atoms with Gasteiger partial charge in [-0.3, -0.25) is 4.90 Å². The molecule has 0 spiro atoms. The van der Waals surface area contributed by atoms with Crippen molar-refractivity contribution in [3.8, 4) is 17.0 Å². The molecule has 1 aliphatic carbocycles. The van der Waals surface area contributed by atoms with E-state index in [1.807, 2.05) is 6.07 Å². The summed E-state index contributed by atoms with van der Waals surface area (Å²) in [7, 11) is 0. The fraction of sp³-hybridized carbons (Fsp3) is 0.571. The van der Waals surface area contributed by atoms with E-state index in [0.29, 0.717) is 23.2 Å². The Balaban J connectivity index is 1.42. The lowest BCUT2D eigenvalue weighted by molar-refractivity contribution is -0.0494. The van der Waals surface area contributed by atoms with E-state index in [9.17, 15) is 8.78 Å². The van der Waals surface area contributed by atoms with Gasteiger partial charge in [-0.2, -0.15) is 8.78 Å². The van der Waals surface area contributed by atoms with Crippen LogP contribution >= 0.6 is 0 Å². The molecule has 1 saturated carbocycles. The maximum Gasteiger partial charge on any atom is 0.387 e. The monoisotopic (exact) mass is 432 g/mol. The number of rotatable bonds is 6. The van der Waals surface area contributed by atoms with Gasteiger partial charge < -0.3 is 20.1 Å². The van der Waals surface area contributed by atoms with Crippen molar-refractivity contribution in [2.24, 2.45) is 0 Å². The Morgan fingerprint density at radius 3 is 2.65 bits per heavy atom. The van der Waals surface area contributed by atoms with Crippen molar-refractivity contribution in [1.82, 2.24) is 19.9 Å². The van der Waals surface area contributed by atoms with Crippen molar-refractivity contribution in [2.75, 3.05) is 50.0 Å². The highest BCUT2D eigenvalue weighted by Crippen LogP contribution is 2.40. The fourth-order valence-corrected chi connectivity index (χ4v) is 4.26. The van der Waals surface area contributed by atoms with Gasteiger partial charge in [-0.1, -0.05) is 0 Å². The van der Waals surface area contributed by atoms with Gasteiger partial charge in [0.1, 0.15) is 11.6 Å². The molecule has 0 aromatic carbocycles. The van der Waals surface area contributed by atoms with E-state index in [1.54, 1.807) is 0 Å². The number of nitrogens with zero attached hydrogens (tertiary/aromatic N) is 5. The van der Waals surface area contributed by atoms with Crippen molar-refractivity contribution in [3.05, 3.63) is 24.2 Å². The number of anilines is 2. The zero-order valence-corrected chi connectivity index (χ0v) is 17.2. The molecule has 1 unspecified atom stereocenters. The minimum atomic E-state index is -2.97. The first-order chi connectivity index (χ1) is 15.1. The van der Waals surface area contributed by atoms with Crippen molar-refractivity contribution >= 4 is 11.6 Å². The first-order valence-corrected chi connectivity index (χ1v) is 10.7. The number of nitrogens with two attached hydrogens (primary N) is 1. The number of nitrogen functional groups attached to an aromatic ring is 1. The van der Waals surface area contributed by atoms with Crippen molar-refractivity contribution in [3.63, 3.8) is 0 Å². The number of hydrogen-bond acceptors (Lipinski definition) is 8. The van der Waals surface area contributed by atoms with Gasteiger partial charge in [0.2, 0.25) is 0 Å². The van der Waals surface area contributed by atoms with E-state index < -0.39 is 6.61 Å². The normalized spacial score (nSPS) is 22.3. The highest BCUT2D eigenvalue weighted by atomic mass is 19.3. The Bertz CT molecular complexity index is 936. The van der Waals surface area contributed by atoms with Gasteiger partial charge in [0.25, 0.3) is 0 Å². The second-order valence-electron chi connectivity index (χ2n) is 8.27. The number of alkyl halides is 2. The lowest BCUT2D eigenvalue weighted by atomic mass is 10.1. The number of hydrogen-bond donors (Lipinski definition) is 1. The molecule has 0 bridgehead atoms. The van der Waals surface area contributed by atoms with Gasteiger partial charge >= 0.3 is 6.61 Å². The fourth-order valence-electron chi connectivity index (χ4n) is 4.26. The average molecular weight is 432 g/mol. The van der Waals surface area contributed by atoms with Gasteiger partial charge in [-0.05, 0) is 25.3 Å². The molecule has 166 valence electrons. The number of halogens is 2. The van der Waals surface area contributed by atoms with Crippen LogP contribution in [0.4, 0.5) is 20.4 Å². The molecule has 5 rings (SSSR count). The first-order valence-electron chi connectivity index (χ1n) is 10.7. The minimum absolute atomic E-state index is 0.0753. The summed E-state index contributed by atoms with van der Waals surface area (Å²) in [4.78, 5) is 18.4. The summed E-state index contributed by atoms with van der Waals surface area (Å²) in [5.41, 5.74) is 6.92. The highest BCUT2D eigenvalue weighted by Gasteiger charge is 2.32. The third-order valence-corrected chi connectivity index (χ3v) is 6.12. The van der Waals surface area contributed by atoms with Crippen LogP contribution in [0.25, 0.3) is 11.3 Å². The van der Waals surface area contributed by atoms with E-state index in [-0.39, 0.29) is 11.6 Å². The zero-order chi connectivity index (χ0) is 21.4. The minimum Gasteiger partial charge on any atom is -0.431 e. The molecular formula is C21H26F2N6O2. The first kappa shape index (κ1) is 20.3. The molecular weight excluding hydrogens is 406 g/mol. The molecule has 8 nitrogen and oxygen atoms in total. The van der Waals surface area contributed by atoms with Gasteiger partial charge in [-0.25, -0.2) is 15.0 Å². The van der Waals surface area contributed by atoms with Crippen LogP contribution in [0.15, 0.2) is 18.3 Å². The lowest BCUT2D eigenvalue weighted by Gasteiger charge is -2.32. The third-order valence-electron chi connectivity index (χ3n) is 6.12. The van der Waals surface area contributed by atoms with Crippen LogP contribution in [-0.2, 0) is 4.74 Å². The van der Waals surface area contributed by atoms with Crippen LogP contribution in [0, 0.1) is 0 Å². The van der Waals surface area contributed by atoms with E-state index in [2.05, 4.69) is 19.5 Å². The molecule has 2 aromatic heterocycles. The standard InChI is InChI=1S/C21H26F2N6O2/c22-21(23)31-17-9-14(11-25-19(17)24)16-10-18(27-20(26-16)13-1-2-13)29-4-3-15(12-29)28-5-7-30-8-6-28/h9-11,13,15,21H,1-8,12H2,(H2,24,25). The Hall–Kier alpha value is -2.59. The van der Waals surface area contributed by atoms with Crippen LogP contribution in [-0.4, -0.2) is 71.9 Å². The molecule has 4 heterocycles. The number of pyridine rings is 1. The van der Waals surface area contributed by atoms with Crippen LogP contribution in [0.5, 0.6) is 5.75 Å². The summed E-state index contributed by atoms with van der Waals surface area (Å²) in [5.74, 6) is 1.81. The molecule has 0 radical (unpaired) electrons. The van der Waals surface area contributed by atoms with Gasteiger partial charge in [0, 0.05) is 56.0 Å². The smallest absolute Gasteiger partial charge is 0.387 e. The van der Waals surface area contributed by atoms with Gasteiger partial charge in [-0.15, -0.1) is 0 Å². The molecule has 3 aliphatic rings. The Morgan fingerprint density at radius 1 is 1.10 bits per heavy atom. The quantitative estimate of drug-likeness (QED) is 0.745. The average Bonchev–Trinajstić information content (AvgIpc) is 3.51. The molecule has 0 amide bonds. The molecule has 1 atom stereocenters. The third kappa shape index (κ3) is 4.54. The van der Waals surface area contributed by atoms with E-state index in [0.717, 1.165) is 70.3 Å². The second kappa shape index (κ2) is 8.51. The number of ether oxygens (including phenoxy) is 2. The molecule has 3 fully saturated rings. The second-order valence-corrected chi connectivity index (χ2v) is 8.27. The maximum atomic E-state index is 12.7. The van der Waals surface area contributed by atoms with Crippen molar-refractivity contribution < 1.29 is 18.3 Å². The lowest BCUT2D eigenvalue weighted by Crippen LogP contribution is -2.44. The molecule has 10 heteroatoms. The summed E-state index contributed by atoms with van der Waals surface area (Å²) >= 11 is 0. The molecule has 2 N–H and O–H groups in total. The summed E-state index contributed by atoms with van der Waals surface area (Å²) in [6.07, 6.45) is 4.75. The van der Waals surface area contributed by atoms with Crippen LogP contribution in [0.3, 0.4) is 0 Å². The van der Waals surface area contributed by atoms with E-state index in [1.165, 1.54) is 12.3 Å². The van der Waals surface area contributed by atoms with Crippen molar-refractivity contribution in [1.29, 1.82) is 0 Å². The summed E-state index contributed by atoms with van der Waals surface area (Å²) in [6.45, 7) is 2.35. The topological polar surface area (TPSA) is 89.6 Å². The number of aromatic nitrogens is 3. The largest absolute Gasteiger partial charge is 0.431 e. The molecule has 2 aliphatic heterocycles. The van der Waals surface area contributed by atoms with Crippen LogP contribution in [0.1, 0.15) is 31.0 Å². The van der Waals surface area contributed by atoms with E-state index in [4.69, 9.17) is 20.4 Å². The Morgan fingerprint density at radius 2 is 1.90 bits per heavy atom. The van der Waals surface area contributed by atoms with E-state index >= 15 is 0 Å². The predicted octanol–water partition coefficient (Wildman–Crippen LogP) is 2.51. The molecule has 2 saturated heterocycles. The molecule has 2 aromatic rings. The zero-order valence-electron chi connectivity index (χ0n) is 17.2. The summed E-state index contributed by atoms with van der Waals surface area (Å²) in [5, 5.41) is 0. The van der Waals surface area contributed by atoms with Crippen molar-refractivity contribution in [2.45, 2.75) is 37.8 Å². The summed E-state index contributed by atoms with van der Waals surface area (Å²) in [6, 6.07) is 3.86. The Labute approximate surface area is 179 Å². The predicted molar refractivity (Wildman–Crippen MR) is 111 cm³/mol. The SMILES string of the molecule is Nc1ncc(-c2cc(N3CCC(N4CCOCC4)C3)nc(C3CC3)n2)cc1OC(F)F.